The number of aliphatic hydroxyl groups is 1. The normalized spacial score (nSPS) is 20.4. The van der Waals surface area contributed by atoms with Crippen molar-refractivity contribution in [1.82, 2.24) is 4.90 Å². The van der Waals surface area contributed by atoms with Crippen molar-refractivity contribution in [2.45, 2.75) is 52.2 Å². The van der Waals surface area contributed by atoms with Crippen molar-refractivity contribution in [3.63, 3.8) is 0 Å². The summed E-state index contributed by atoms with van der Waals surface area (Å²) in [6, 6.07) is 5.84. The van der Waals surface area contributed by atoms with Crippen LogP contribution in [0.1, 0.15) is 47.9 Å². The molecule has 0 saturated carbocycles. The van der Waals surface area contributed by atoms with Gasteiger partial charge >= 0.3 is 0 Å². The van der Waals surface area contributed by atoms with Gasteiger partial charge in [-0.25, -0.2) is 0 Å². The van der Waals surface area contributed by atoms with Crippen LogP contribution in [0.15, 0.2) is 22.6 Å². The van der Waals surface area contributed by atoms with Gasteiger partial charge in [0.25, 0.3) is 5.91 Å². The SMILES string of the molecule is Cc1c(C(=O)N2CCCCC2C(C)O)oc2c(C)cccc12. The van der Waals surface area contributed by atoms with Crippen LogP contribution in [0.25, 0.3) is 11.0 Å². The fourth-order valence-corrected chi connectivity index (χ4v) is 3.43. The van der Waals surface area contributed by atoms with Gasteiger partial charge in [0.2, 0.25) is 0 Å². The number of carbonyl (C=O) groups is 1. The van der Waals surface area contributed by atoms with E-state index in [1.807, 2.05) is 32.0 Å². The predicted molar refractivity (Wildman–Crippen MR) is 86.0 cm³/mol. The van der Waals surface area contributed by atoms with Crippen LogP contribution >= 0.6 is 0 Å². The fraction of sp³-hybridized carbons (Fsp3) is 0.500. The van der Waals surface area contributed by atoms with E-state index < -0.39 is 6.10 Å². The monoisotopic (exact) mass is 301 g/mol. The lowest BCUT2D eigenvalue weighted by atomic mass is 9.97. The van der Waals surface area contributed by atoms with E-state index in [2.05, 4.69) is 0 Å². The van der Waals surface area contributed by atoms with Gasteiger partial charge in [0.05, 0.1) is 12.1 Å². The molecule has 0 radical (unpaired) electrons. The van der Waals surface area contributed by atoms with Crippen molar-refractivity contribution in [3.8, 4) is 0 Å². The number of aryl methyl sites for hydroxylation is 2. The molecule has 4 heteroatoms. The molecule has 2 aromatic rings. The number of piperidine rings is 1. The second kappa shape index (κ2) is 5.76. The Morgan fingerprint density at radius 1 is 1.36 bits per heavy atom. The summed E-state index contributed by atoms with van der Waals surface area (Å²) >= 11 is 0. The van der Waals surface area contributed by atoms with Crippen LogP contribution in [0.3, 0.4) is 0 Å². The first-order valence-electron chi connectivity index (χ1n) is 7.98. The van der Waals surface area contributed by atoms with Crippen LogP contribution < -0.4 is 0 Å². The number of carbonyl (C=O) groups excluding carboxylic acids is 1. The van der Waals surface area contributed by atoms with E-state index in [4.69, 9.17) is 4.42 Å². The van der Waals surface area contributed by atoms with Gasteiger partial charge in [-0.15, -0.1) is 0 Å². The summed E-state index contributed by atoms with van der Waals surface area (Å²) in [5.74, 6) is 0.315. The molecule has 1 aliphatic rings. The molecule has 2 atom stereocenters. The zero-order chi connectivity index (χ0) is 15.9. The van der Waals surface area contributed by atoms with E-state index >= 15 is 0 Å². The predicted octanol–water partition coefficient (Wildman–Crippen LogP) is 3.43. The number of rotatable bonds is 2. The van der Waals surface area contributed by atoms with E-state index in [0.717, 1.165) is 41.4 Å². The lowest BCUT2D eigenvalue weighted by Gasteiger charge is -2.37. The van der Waals surface area contributed by atoms with Crippen LogP contribution in [0.4, 0.5) is 0 Å². The van der Waals surface area contributed by atoms with E-state index in [0.29, 0.717) is 12.3 Å². The molecule has 1 amide bonds. The first-order chi connectivity index (χ1) is 10.5. The van der Waals surface area contributed by atoms with Crippen molar-refractivity contribution in [2.24, 2.45) is 0 Å². The van der Waals surface area contributed by atoms with Gasteiger partial charge in [0, 0.05) is 17.5 Å². The molecule has 1 N–H and O–H groups in total. The van der Waals surface area contributed by atoms with Crippen LogP contribution in [0.5, 0.6) is 0 Å². The Balaban J connectivity index is 2.01. The minimum Gasteiger partial charge on any atom is -0.450 e. The molecule has 1 aromatic heterocycles. The largest absolute Gasteiger partial charge is 0.450 e. The number of amides is 1. The summed E-state index contributed by atoms with van der Waals surface area (Å²) in [6.45, 7) is 6.36. The van der Waals surface area contributed by atoms with Gasteiger partial charge in [0.15, 0.2) is 5.76 Å². The number of benzene rings is 1. The van der Waals surface area contributed by atoms with Gasteiger partial charge < -0.3 is 14.4 Å². The molecular weight excluding hydrogens is 278 g/mol. The smallest absolute Gasteiger partial charge is 0.290 e. The molecule has 1 aliphatic heterocycles. The first-order valence-corrected chi connectivity index (χ1v) is 7.98. The number of hydrogen-bond acceptors (Lipinski definition) is 3. The first kappa shape index (κ1) is 15.1. The third-order valence-corrected chi connectivity index (χ3v) is 4.72. The zero-order valence-electron chi connectivity index (χ0n) is 13.4. The number of fused-ring (bicyclic) bond motifs is 1. The van der Waals surface area contributed by atoms with Gasteiger partial charge in [0.1, 0.15) is 5.58 Å². The summed E-state index contributed by atoms with van der Waals surface area (Å²) in [6.07, 6.45) is 2.36. The number of furan rings is 1. The maximum Gasteiger partial charge on any atom is 0.290 e. The summed E-state index contributed by atoms with van der Waals surface area (Å²) in [7, 11) is 0. The van der Waals surface area contributed by atoms with Crippen molar-refractivity contribution < 1.29 is 14.3 Å². The molecule has 22 heavy (non-hydrogen) atoms. The molecule has 0 spiro atoms. The fourth-order valence-electron chi connectivity index (χ4n) is 3.43. The Labute approximate surface area is 130 Å². The van der Waals surface area contributed by atoms with Gasteiger partial charge in [-0.2, -0.15) is 0 Å². The highest BCUT2D eigenvalue weighted by Crippen LogP contribution is 2.30. The average molecular weight is 301 g/mol. The second-order valence-corrected chi connectivity index (χ2v) is 6.31. The Hall–Kier alpha value is -1.81. The molecule has 1 saturated heterocycles. The summed E-state index contributed by atoms with van der Waals surface area (Å²) in [5, 5.41) is 11.0. The average Bonchev–Trinajstić information content (AvgIpc) is 2.85. The Kier molecular flexibility index (Phi) is 3.96. The van der Waals surface area contributed by atoms with E-state index in [-0.39, 0.29) is 11.9 Å². The lowest BCUT2D eigenvalue weighted by molar-refractivity contribution is 0.0259. The summed E-state index contributed by atoms with van der Waals surface area (Å²) in [4.78, 5) is 14.7. The third kappa shape index (κ3) is 2.41. The molecule has 2 unspecified atom stereocenters. The number of aliphatic hydroxyl groups excluding tert-OH is 1. The number of para-hydroxylation sites is 1. The van der Waals surface area contributed by atoms with Gasteiger partial charge in [-0.05, 0) is 45.6 Å². The standard InChI is InChI=1S/C18H23NO3/c1-11-7-6-8-14-12(2)17(22-16(11)14)18(21)19-10-5-4-9-15(19)13(3)20/h6-8,13,15,20H,4-5,9-10H2,1-3H3. The van der Waals surface area contributed by atoms with Crippen LogP contribution in [0, 0.1) is 13.8 Å². The summed E-state index contributed by atoms with van der Waals surface area (Å²) < 4.78 is 5.90. The summed E-state index contributed by atoms with van der Waals surface area (Å²) in [5.41, 5.74) is 2.71. The van der Waals surface area contributed by atoms with Crippen LogP contribution in [-0.2, 0) is 0 Å². The van der Waals surface area contributed by atoms with Crippen LogP contribution in [0.2, 0.25) is 0 Å². The molecule has 0 aliphatic carbocycles. The minimum absolute atomic E-state index is 0.0984. The highest BCUT2D eigenvalue weighted by molar-refractivity contribution is 5.99. The van der Waals surface area contributed by atoms with Crippen molar-refractivity contribution in [2.75, 3.05) is 6.54 Å². The molecule has 3 rings (SSSR count). The molecule has 2 heterocycles. The van der Waals surface area contributed by atoms with Crippen molar-refractivity contribution >= 4 is 16.9 Å². The third-order valence-electron chi connectivity index (χ3n) is 4.72. The number of nitrogens with zero attached hydrogens (tertiary/aromatic N) is 1. The Morgan fingerprint density at radius 2 is 2.14 bits per heavy atom. The lowest BCUT2D eigenvalue weighted by Crippen LogP contribution is -2.49. The number of likely N-dealkylation sites (tertiary alicyclic amines) is 1. The molecule has 0 bridgehead atoms. The van der Waals surface area contributed by atoms with Crippen LogP contribution in [-0.4, -0.2) is 34.6 Å². The zero-order valence-corrected chi connectivity index (χ0v) is 13.4. The highest BCUT2D eigenvalue weighted by atomic mass is 16.3. The minimum atomic E-state index is -0.518. The van der Waals surface area contributed by atoms with Gasteiger partial charge in [-0.3, -0.25) is 4.79 Å². The topological polar surface area (TPSA) is 53.7 Å². The molecule has 1 fully saturated rings. The molecule has 1 aromatic carbocycles. The van der Waals surface area contributed by atoms with E-state index in [1.165, 1.54) is 0 Å². The van der Waals surface area contributed by atoms with Gasteiger partial charge in [-0.1, -0.05) is 18.2 Å². The van der Waals surface area contributed by atoms with Crippen molar-refractivity contribution in [1.29, 1.82) is 0 Å². The highest BCUT2D eigenvalue weighted by Gasteiger charge is 2.33. The molecule has 4 nitrogen and oxygen atoms in total. The Morgan fingerprint density at radius 3 is 2.82 bits per heavy atom. The second-order valence-electron chi connectivity index (χ2n) is 6.31. The molecule has 118 valence electrons. The maximum atomic E-state index is 12.9. The quantitative estimate of drug-likeness (QED) is 0.924. The van der Waals surface area contributed by atoms with Crippen molar-refractivity contribution in [3.05, 3.63) is 35.1 Å². The van der Waals surface area contributed by atoms with E-state index in [1.54, 1.807) is 11.8 Å². The number of hydrogen-bond donors (Lipinski definition) is 1. The molecular formula is C18H23NO3. The maximum absolute atomic E-state index is 12.9. The Bertz CT molecular complexity index is 702. The van der Waals surface area contributed by atoms with E-state index in [9.17, 15) is 9.90 Å².